The first-order chi connectivity index (χ1) is 9.81. The van der Waals surface area contributed by atoms with E-state index in [1.54, 1.807) is 0 Å². The summed E-state index contributed by atoms with van der Waals surface area (Å²) in [5.41, 5.74) is 0. The van der Waals surface area contributed by atoms with Crippen LogP contribution in [0.25, 0.3) is 0 Å². The van der Waals surface area contributed by atoms with E-state index in [-0.39, 0.29) is 0 Å². The molecule has 0 spiro atoms. The third-order valence-electron chi connectivity index (χ3n) is 6.07. The van der Waals surface area contributed by atoms with Gasteiger partial charge in [0.2, 0.25) is 0 Å². The predicted molar refractivity (Wildman–Crippen MR) is 86.0 cm³/mol. The molecular formula is C18H34N2. The van der Waals surface area contributed by atoms with Crippen LogP contribution < -0.4 is 5.32 Å². The molecule has 0 aromatic carbocycles. The molecule has 1 heterocycles. The molecule has 3 fully saturated rings. The van der Waals surface area contributed by atoms with Gasteiger partial charge in [-0.05, 0) is 57.4 Å². The maximum absolute atomic E-state index is 3.98. The van der Waals surface area contributed by atoms with Gasteiger partial charge < -0.3 is 10.2 Å². The third kappa shape index (κ3) is 3.98. The van der Waals surface area contributed by atoms with Gasteiger partial charge in [-0.1, -0.05) is 32.1 Å². The summed E-state index contributed by atoms with van der Waals surface area (Å²) in [6.07, 6.45) is 16.2. The molecule has 2 nitrogen and oxygen atoms in total. The molecule has 1 saturated heterocycles. The monoisotopic (exact) mass is 278 g/mol. The third-order valence-corrected chi connectivity index (χ3v) is 6.07. The second kappa shape index (κ2) is 7.26. The van der Waals surface area contributed by atoms with Gasteiger partial charge in [-0.25, -0.2) is 0 Å². The minimum atomic E-state index is 0.767. The molecule has 3 rings (SSSR count). The van der Waals surface area contributed by atoms with Crippen LogP contribution in [-0.2, 0) is 0 Å². The van der Waals surface area contributed by atoms with Crippen LogP contribution in [0.3, 0.4) is 0 Å². The van der Waals surface area contributed by atoms with Crippen molar-refractivity contribution in [3.8, 4) is 0 Å². The van der Waals surface area contributed by atoms with Crippen molar-refractivity contribution < 1.29 is 0 Å². The summed E-state index contributed by atoms with van der Waals surface area (Å²) in [5, 5.41) is 3.98. The Morgan fingerprint density at radius 2 is 1.55 bits per heavy atom. The van der Waals surface area contributed by atoms with Crippen LogP contribution in [0.15, 0.2) is 0 Å². The van der Waals surface area contributed by atoms with Gasteiger partial charge in [0.05, 0.1) is 0 Å². The summed E-state index contributed by atoms with van der Waals surface area (Å²) in [4.78, 5) is 2.62. The quantitative estimate of drug-likeness (QED) is 0.841. The van der Waals surface area contributed by atoms with E-state index in [1.807, 2.05) is 0 Å². The highest BCUT2D eigenvalue weighted by atomic mass is 15.1. The van der Waals surface area contributed by atoms with Crippen LogP contribution in [-0.4, -0.2) is 37.1 Å². The summed E-state index contributed by atoms with van der Waals surface area (Å²) in [7, 11) is 2.35. The zero-order chi connectivity index (χ0) is 13.8. The Morgan fingerprint density at radius 1 is 0.800 bits per heavy atom. The highest BCUT2D eigenvalue weighted by Gasteiger charge is 2.32. The van der Waals surface area contributed by atoms with E-state index in [0.29, 0.717) is 0 Å². The first-order valence-corrected chi connectivity index (χ1v) is 9.26. The molecule has 3 atom stereocenters. The van der Waals surface area contributed by atoms with Crippen molar-refractivity contribution in [1.29, 1.82) is 0 Å². The van der Waals surface area contributed by atoms with E-state index in [1.165, 1.54) is 83.7 Å². The second-order valence-corrected chi connectivity index (χ2v) is 7.82. The van der Waals surface area contributed by atoms with Crippen LogP contribution in [0.1, 0.15) is 70.6 Å². The number of nitrogens with zero attached hydrogens (tertiary/aromatic N) is 1. The largest absolute Gasteiger partial charge is 0.310 e. The highest BCUT2D eigenvalue weighted by molar-refractivity contribution is 4.90. The molecule has 3 aliphatic rings. The zero-order valence-corrected chi connectivity index (χ0v) is 13.4. The molecule has 3 unspecified atom stereocenters. The number of hydrogen-bond acceptors (Lipinski definition) is 2. The minimum Gasteiger partial charge on any atom is -0.310 e. The number of piperidine rings is 1. The van der Waals surface area contributed by atoms with Gasteiger partial charge in [-0.2, -0.15) is 0 Å². The minimum absolute atomic E-state index is 0.767. The van der Waals surface area contributed by atoms with Crippen LogP contribution in [0.2, 0.25) is 0 Å². The van der Waals surface area contributed by atoms with Gasteiger partial charge in [0.25, 0.3) is 0 Å². The lowest BCUT2D eigenvalue weighted by Crippen LogP contribution is -2.52. The fraction of sp³-hybridized carbons (Fsp3) is 1.00. The van der Waals surface area contributed by atoms with Crippen molar-refractivity contribution in [3.63, 3.8) is 0 Å². The Hall–Kier alpha value is -0.0800. The molecule has 2 aliphatic carbocycles. The molecule has 20 heavy (non-hydrogen) atoms. The van der Waals surface area contributed by atoms with E-state index >= 15 is 0 Å². The van der Waals surface area contributed by atoms with Crippen molar-refractivity contribution in [2.75, 3.05) is 20.1 Å². The predicted octanol–water partition coefficient (Wildman–Crippen LogP) is 3.81. The Labute approximate surface area is 125 Å². The molecule has 2 heteroatoms. The Kier molecular flexibility index (Phi) is 5.39. The van der Waals surface area contributed by atoms with E-state index in [2.05, 4.69) is 17.3 Å². The van der Waals surface area contributed by atoms with E-state index in [4.69, 9.17) is 0 Å². The Bertz CT molecular complexity index is 285. The summed E-state index contributed by atoms with van der Waals surface area (Å²) in [6, 6.07) is 1.62. The number of likely N-dealkylation sites (N-methyl/N-ethyl adjacent to an activating group) is 1. The Balaban J connectivity index is 1.40. The lowest BCUT2D eigenvalue weighted by atomic mass is 9.77. The Morgan fingerprint density at radius 3 is 2.40 bits per heavy atom. The highest BCUT2D eigenvalue weighted by Crippen LogP contribution is 2.32. The van der Waals surface area contributed by atoms with Gasteiger partial charge >= 0.3 is 0 Å². The molecule has 0 amide bonds. The first kappa shape index (κ1) is 14.8. The smallest absolute Gasteiger partial charge is 0.0197 e. The van der Waals surface area contributed by atoms with Gasteiger partial charge in [0.15, 0.2) is 0 Å². The van der Waals surface area contributed by atoms with E-state index in [0.717, 1.165) is 23.9 Å². The molecule has 1 N–H and O–H groups in total. The summed E-state index contributed by atoms with van der Waals surface area (Å²) < 4.78 is 0. The SMILES string of the molecule is CN(CC1CCCCC1)CC1CCC2CCCCC2N1. The maximum atomic E-state index is 3.98. The lowest BCUT2D eigenvalue weighted by Gasteiger charge is -2.42. The van der Waals surface area contributed by atoms with Crippen LogP contribution in [0, 0.1) is 11.8 Å². The molecule has 0 bridgehead atoms. The summed E-state index contributed by atoms with van der Waals surface area (Å²) in [5.74, 6) is 1.99. The lowest BCUT2D eigenvalue weighted by molar-refractivity contribution is 0.142. The molecule has 1 aliphatic heterocycles. The number of nitrogens with one attached hydrogen (secondary N) is 1. The average Bonchev–Trinajstić information content (AvgIpc) is 2.48. The van der Waals surface area contributed by atoms with Gasteiger partial charge in [-0.15, -0.1) is 0 Å². The standard InChI is InChI=1S/C18H34N2/c1-20(13-15-7-3-2-4-8-15)14-17-12-11-16-9-5-6-10-18(16)19-17/h15-19H,2-14H2,1H3. The van der Waals surface area contributed by atoms with E-state index in [9.17, 15) is 0 Å². The fourth-order valence-corrected chi connectivity index (χ4v) is 4.98. The van der Waals surface area contributed by atoms with Crippen molar-refractivity contribution in [2.45, 2.75) is 82.7 Å². The topological polar surface area (TPSA) is 15.3 Å². The maximum Gasteiger partial charge on any atom is 0.0197 e. The van der Waals surface area contributed by atoms with Crippen LogP contribution in [0.5, 0.6) is 0 Å². The van der Waals surface area contributed by atoms with Crippen molar-refractivity contribution in [1.82, 2.24) is 10.2 Å². The molecule has 0 aromatic heterocycles. The van der Waals surface area contributed by atoms with Gasteiger partial charge in [0.1, 0.15) is 0 Å². The normalized spacial score (nSPS) is 36.0. The van der Waals surface area contributed by atoms with Gasteiger partial charge in [-0.3, -0.25) is 0 Å². The summed E-state index contributed by atoms with van der Waals surface area (Å²) in [6.45, 7) is 2.62. The molecule has 2 saturated carbocycles. The van der Waals surface area contributed by atoms with Crippen molar-refractivity contribution >= 4 is 0 Å². The molecule has 116 valence electrons. The first-order valence-electron chi connectivity index (χ1n) is 9.26. The number of hydrogen-bond donors (Lipinski definition) is 1. The molecule has 0 aromatic rings. The number of rotatable bonds is 4. The summed E-state index contributed by atoms with van der Waals surface area (Å²) >= 11 is 0. The molecule has 0 radical (unpaired) electrons. The van der Waals surface area contributed by atoms with Crippen molar-refractivity contribution in [2.24, 2.45) is 11.8 Å². The molecular weight excluding hydrogens is 244 g/mol. The van der Waals surface area contributed by atoms with Gasteiger partial charge in [0, 0.05) is 25.2 Å². The average molecular weight is 278 g/mol. The van der Waals surface area contributed by atoms with Crippen LogP contribution >= 0.6 is 0 Å². The zero-order valence-electron chi connectivity index (χ0n) is 13.4. The van der Waals surface area contributed by atoms with Crippen LogP contribution in [0.4, 0.5) is 0 Å². The number of fused-ring (bicyclic) bond motifs is 1. The van der Waals surface area contributed by atoms with E-state index < -0.39 is 0 Å². The van der Waals surface area contributed by atoms with Crippen molar-refractivity contribution in [3.05, 3.63) is 0 Å². The second-order valence-electron chi connectivity index (χ2n) is 7.82. The fourth-order valence-electron chi connectivity index (χ4n) is 4.98.